The molecule has 2 aromatic rings. The zero-order valence-corrected chi connectivity index (χ0v) is 37.3. The van der Waals surface area contributed by atoms with E-state index in [-0.39, 0.29) is 19.4 Å². The molecule has 4 amide bonds. The lowest BCUT2D eigenvalue weighted by Gasteiger charge is -2.48. The van der Waals surface area contributed by atoms with E-state index in [4.69, 9.17) is 23.9 Å². The van der Waals surface area contributed by atoms with Gasteiger partial charge in [0.1, 0.15) is 40.3 Å². The van der Waals surface area contributed by atoms with Gasteiger partial charge in [0.15, 0.2) is 0 Å². The highest BCUT2D eigenvalue weighted by Crippen LogP contribution is 2.47. The van der Waals surface area contributed by atoms with Crippen LogP contribution in [-0.4, -0.2) is 103 Å². The number of hydrogen-bond donors (Lipinski definition) is 3. The molecule has 61 heavy (non-hydrogen) atoms. The third-order valence-electron chi connectivity index (χ3n) is 13.1. The number of aromatic nitrogens is 1. The first kappa shape index (κ1) is 44.6. The maximum atomic E-state index is 14.9. The highest BCUT2D eigenvalue weighted by molar-refractivity contribution is 7.91. The van der Waals surface area contributed by atoms with Gasteiger partial charge in [-0.2, -0.15) is 0 Å². The minimum Gasteiger partial charge on any atom is -0.493 e. The Labute approximate surface area is 359 Å². The number of carbonyl (C=O) groups is 4. The number of fused-ring (bicyclic) bond motifs is 5. The number of rotatable bonds is 10. The number of sulfonamides is 1. The summed E-state index contributed by atoms with van der Waals surface area (Å²) in [5.74, 6) is -0.948. The number of methoxy groups -OCH3 is 1. The summed E-state index contributed by atoms with van der Waals surface area (Å²) in [6.07, 6.45) is 10.5. The number of ether oxygens (including phenoxy) is 4. The van der Waals surface area contributed by atoms with Crippen molar-refractivity contribution in [2.24, 2.45) is 5.92 Å². The molecule has 15 nitrogen and oxygen atoms in total. The Morgan fingerprint density at radius 1 is 1.07 bits per heavy atom. The molecule has 5 unspecified atom stereocenters. The Bertz CT molecular complexity index is 2170. The van der Waals surface area contributed by atoms with Gasteiger partial charge in [-0.1, -0.05) is 31.9 Å². The molecule has 1 aromatic carbocycles. The molecule has 3 N–H and O–H groups in total. The summed E-state index contributed by atoms with van der Waals surface area (Å²) < 4.78 is 51.9. The van der Waals surface area contributed by atoms with Crippen LogP contribution in [0.2, 0.25) is 0 Å². The van der Waals surface area contributed by atoms with E-state index in [0.29, 0.717) is 82.5 Å². The van der Waals surface area contributed by atoms with E-state index in [1.54, 1.807) is 34.8 Å². The third-order valence-corrected chi connectivity index (χ3v) is 15.3. The number of allylic oxidation sites excluding steroid dienone is 1. The zero-order valence-electron chi connectivity index (χ0n) is 36.5. The molecule has 0 bridgehead atoms. The Balaban J connectivity index is 1.24. The molecule has 0 radical (unpaired) electrons. The highest BCUT2D eigenvalue weighted by atomic mass is 32.2. The summed E-state index contributed by atoms with van der Waals surface area (Å²) in [4.78, 5) is 63.8. The van der Waals surface area contributed by atoms with Crippen LogP contribution in [0.15, 0.2) is 30.4 Å². The molecule has 2 saturated carbocycles. The van der Waals surface area contributed by atoms with E-state index in [1.165, 1.54) is 4.90 Å². The second kappa shape index (κ2) is 17.4. The number of amides is 4. The van der Waals surface area contributed by atoms with Gasteiger partial charge in [0.2, 0.25) is 21.8 Å². The minimum atomic E-state index is -4.02. The summed E-state index contributed by atoms with van der Waals surface area (Å²) >= 11 is 0. The van der Waals surface area contributed by atoms with E-state index in [1.807, 2.05) is 37.3 Å². The number of carbonyl (C=O) groups excluding carboxylic acids is 4. The SMILES string of the molecule is CCc1nc2ccc(OCCCOC)cc2c2c1OC1(CC2)CC2C(=O)NC3(C(=O)NS(=O)(=O)C4(C)CC4)CCC3C=CCCCCCC(NC(=O)OC(C)(C)C)C(=O)N2C1. The van der Waals surface area contributed by atoms with E-state index >= 15 is 0 Å². The summed E-state index contributed by atoms with van der Waals surface area (Å²) in [6, 6.07) is 3.72. The molecule has 7 rings (SSSR count). The number of nitrogens with zero attached hydrogens (tertiary/aromatic N) is 2. The van der Waals surface area contributed by atoms with Gasteiger partial charge in [0.25, 0.3) is 5.91 Å². The number of alkyl carbamates (subject to hydrolysis) is 1. The molecular weight excluding hydrogens is 803 g/mol. The van der Waals surface area contributed by atoms with Crippen LogP contribution in [-0.2, 0) is 46.7 Å². The smallest absolute Gasteiger partial charge is 0.408 e. The minimum absolute atomic E-state index is 0.0367. The predicted octanol–water partition coefficient (Wildman–Crippen LogP) is 5.55. The molecule has 16 heteroatoms. The topological polar surface area (TPSA) is 192 Å². The van der Waals surface area contributed by atoms with Crippen molar-refractivity contribution in [2.45, 2.75) is 158 Å². The van der Waals surface area contributed by atoms with Crippen LogP contribution in [0.1, 0.15) is 123 Å². The van der Waals surface area contributed by atoms with Gasteiger partial charge >= 0.3 is 6.09 Å². The molecule has 5 atom stereocenters. The fraction of sp³-hybridized carbons (Fsp3) is 0.667. The molecule has 1 aromatic heterocycles. The molecular formula is C45H63N5O10S. The summed E-state index contributed by atoms with van der Waals surface area (Å²) in [6.45, 7) is 9.97. The van der Waals surface area contributed by atoms with Crippen molar-refractivity contribution in [2.75, 3.05) is 26.9 Å². The Morgan fingerprint density at radius 3 is 2.54 bits per heavy atom. The van der Waals surface area contributed by atoms with Crippen LogP contribution in [0.4, 0.5) is 4.79 Å². The predicted molar refractivity (Wildman–Crippen MR) is 229 cm³/mol. The van der Waals surface area contributed by atoms with Crippen molar-refractivity contribution >= 4 is 44.7 Å². The van der Waals surface area contributed by atoms with Crippen molar-refractivity contribution in [3.8, 4) is 11.5 Å². The average Bonchev–Trinajstić information content (AvgIpc) is 3.87. The average molecular weight is 866 g/mol. The van der Waals surface area contributed by atoms with Crippen LogP contribution in [0, 0.1) is 5.92 Å². The van der Waals surface area contributed by atoms with Crippen molar-refractivity contribution in [1.82, 2.24) is 25.2 Å². The number of aryl methyl sites for hydroxylation is 2. The molecule has 334 valence electrons. The van der Waals surface area contributed by atoms with Crippen LogP contribution in [0.5, 0.6) is 11.5 Å². The molecule has 5 aliphatic rings. The van der Waals surface area contributed by atoms with Gasteiger partial charge < -0.3 is 34.5 Å². The van der Waals surface area contributed by atoms with Gasteiger partial charge in [0, 0.05) is 43.4 Å². The van der Waals surface area contributed by atoms with Gasteiger partial charge in [-0.15, -0.1) is 0 Å². The fourth-order valence-corrected chi connectivity index (χ4v) is 10.4. The van der Waals surface area contributed by atoms with Crippen molar-refractivity contribution < 1.29 is 46.5 Å². The molecule has 1 saturated heterocycles. The molecule has 2 aliphatic carbocycles. The summed E-state index contributed by atoms with van der Waals surface area (Å²) in [5.41, 5.74) is -0.831. The maximum absolute atomic E-state index is 14.9. The van der Waals surface area contributed by atoms with Crippen LogP contribution in [0.3, 0.4) is 0 Å². The highest BCUT2D eigenvalue weighted by Gasteiger charge is 2.59. The third kappa shape index (κ3) is 9.35. The normalized spacial score (nSPS) is 27.6. The monoisotopic (exact) mass is 865 g/mol. The van der Waals surface area contributed by atoms with Gasteiger partial charge in [-0.3, -0.25) is 19.1 Å². The van der Waals surface area contributed by atoms with Gasteiger partial charge in [-0.25, -0.2) is 18.2 Å². The standard InChI is InChI=1S/C45H63N5O10S/c1-7-33-37-31(32-26-30(16-17-34(32)46-33)58-25-13-24-57-6)19-20-44(59-37)27-36-38(51)48-45(40(53)49-61(55,56)43(5)22-23-43)21-18-29(45)14-11-9-8-10-12-15-35(39(52)50(36)28-44)47-41(54)60-42(2,3)4/h11,14,16-17,26,29,35-36H,7-10,12-13,15,18-25,27-28H2,1-6H3,(H,47,54)(H,48,51)(H,49,53). The summed E-state index contributed by atoms with van der Waals surface area (Å²) in [7, 11) is -2.36. The molecule has 1 spiro atoms. The lowest BCUT2D eigenvalue weighted by atomic mass is 9.65. The quantitative estimate of drug-likeness (QED) is 0.200. The van der Waals surface area contributed by atoms with E-state index in [0.717, 1.165) is 41.4 Å². The lowest BCUT2D eigenvalue weighted by Crippen LogP contribution is -2.70. The molecule has 4 heterocycles. The Morgan fingerprint density at radius 2 is 1.85 bits per heavy atom. The van der Waals surface area contributed by atoms with Gasteiger partial charge in [-0.05, 0) is 110 Å². The summed E-state index contributed by atoms with van der Waals surface area (Å²) in [5, 5.41) is 6.75. The largest absolute Gasteiger partial charge is 0.493 e. The van der Waals surface area contributed by atoms with Crippen LogP contribution >= 0.6 is 0 Å². The van der Waals surface area contributed by atoms with E-state index in [2.05, 4.69) is 15.4 Å². The van der Waals surface area contributed by atoms with E-state index < -0.39 is 73.3 Å². The second-order valence-electron chi connectivity index (χ2n) is 18.8. The number of nitrogens with one attached hydrogen (secondary N) is 3. The number of benzene rings is 1. The lowest BCUT2D eigenvalue weighted by molar-refractivity contribution is -0.144. The Kier molecular flexibility index (Phi) is 12.7. The first-order chi connectivity index (χ1) is 28.9. The Hall–Kier alpha value is -4.44. The second-order valence-corrected chi connectivity index (χ2v) is 21.0. The number of pyridine rings is 1. The van der Waals surface area contributed by atoms with Crippen LogP contribution in [0.25, 0.3) is 10.9 Å². The first-order valence-electron chi connectivity index (χ1n) is 22.0. The fourth-order valence-electron chi connectivity index (χ4n) is 9.12. The molecule has 3 fully saturated rings. The van der Waals surface area contributed by atoms with Crippen molar-refractivity contribution in [3.05, 3.63) is 41.6 Å². The molecule has 3 aliphatic heterocycles. The zero-order chi connectivity index (χ0) is 43.8. The first-order valence-corrected chi connectivity index (χ1v) is 23.5. The van der Waals surface area contributed by atoms with Crippen LogP contribution < -0.4 is 24.8 Å². The van der Waals surface area contributed by atoms with Gasteiger partial charge in [0.05, 0.1) is 29.1 Å². The number of hydrogen-bond acceptors (Lipinski definition) is 11. The van der Waals surface area contributed by atoms with E-state index in [9.17, 15) is 27.6 Å². The maximum Gasteiger partial charge on any atom is 0.408 e. The van der Waals surface area contributed by atoms with Crippen molar-refractivity contribution in [1.29, 1.82) is 0 Å². The van der Waals surface area contributed by atoms with Crippen molar-refractivity contribution in [3.63, 3.8) is 0 Å².